The van der Waals surface area contributed by atoms with Crippen LogP contribution in [0.2, 0.25) is 5.02 Å². The van der Waals surface area contributed by atoms with Gasteiger partial charge in [-0.05, 0) is 37.7 Å². The van der Waals surface area contributed by atoms with Gasteiger partial charge in [0.1, 0.15) is 0 Å². The Labute approximate surface area is 111 Å². The lowest BCUT2D eigenvalue weighted by molar-refractivity contribution is 0.154. The number of halogens is 2. The van der Waals surface area contributed by atoms with Crippen LogP contribution in [0.1, 0.15) is 32.6 Å². The Bertz CT molecular complexity index is 419. The number of hydrogen-bond acceptors (Lipinski definition) is 3. The van der Waals surface area contributed by atoms with E-state index in [1.165, 1.54) is 12.3 Å². The van der Waals surface area contributed by atoms with Crippen LogP contribution in [0.4, 0.5) is 10.2 Å². The van der Waals surface area contributed by atoms with Crippen molar-refractivity contribution in [2.45, 2.75) is 38.1 Å². The van der Waals surface area contributed by atoms with E-state index in [2.05, 4.69) is 17.2 Å². The first-order valence-electron chi connectivity index (χ1n) is 6.25. The Morgan fingerprint density at radius 3 is 2.78 bits per heavy atom. The zero-order valence-corrected chi connectivity index (χ0v) is 11.2. The van der Waals surface area contributed by atoms with Gasteiger partial charge in [-0.25, -0.2) is 9.37 Å². The van der Waals surface area contributed by atoms with E-state index in [1.54, 1.807) is 0 Å². The number of aliphatic hydroxyl groups is 1. The average Bonchev–Trinajstić information content (AvgIpc) is 2.36. The second kappa shape index (κ2) is 5.41. The lowest BCUT2D eigenvalue weighted by Gasteiger charge is -2.39. The summed E-state index contributed by atoms with van der Waals surface area (Å²) < 4.78 is 13.7. The molecular formula is C13H18ClFN2O. The molecule has 0 amide bonds. The van der Waals surface area contributed by atoms with Crippen molar-refractivity contribution >= 4 is 17.4 Å². The molecule has 0 unspecified atom stereocenters. The van der Waals surface area contributed by atoms with Crippen molar-refractivity contribution in [1.82, 2.24) is 4.98 Å². The fraction of sp³-hybridized carbons (Fsp3) is 0.615. The highest BCUT2D eigenvalue weighted by Crippen LogP contribution is 2.34. The van der Waals surface area contributed by atoms with Crippen molar-refractivity contribution in [3.8, 4) is 0 Å². The quantitative estimate of drug-likeness (QED) is 0.888. The van der Waals surface area contributed by atoms with E-state index in [1.807, 2.05) is 0 Å². The Hall–Kier alpha value is -0.870. The molecule has 5 heteroatoms. The van der Waals surface area contributed by atoms with Crippen LogP contribution in [0.15, 0.2) is 12.3 Å². The first-order valence-corrected chi connectivity index (χ1v) is 6.62. The lowest BCUT2D eigenvalue weighted by atomic mass is 9.77. The third-order valence-corrected chi connectivity index (χ3v) is 3.93. The molecule has 0 saturated heterocycles. The van der Waals surface area contributed by atoms with Crippen LogP contribution < -0.4 is 5.32 Å². The van der Waals surface area contributed by atoms with Gasteiger partial charge >= 0.3 is 0 Å². The predicted molar refractivity (Wildman–Crippen MR) is 70.3 cm³/mol. The highest BCUT2D eigenvalue weighted by atomic mass is 35.5. The molecule has 18 heavy (non-hydrogen) atoms. The van der Waals surface area contributed by atoms with E-state index in [0.717, 1.165) is 25.7 Å². The minimum absolute atomic E-state index is 0.0104. The molecule has 1 aromatic heterocycles. The second-order valence-corrected chi connectivity index (χ2v) is 5.67. The molecule has 1 aliphatic carbocycles. The SMILES string of the molecule is CC1CCC(CO)(Nc2ncc(Cl)cc2F)CC1. The number of aromatic nitrogens is 1. The molecule has 0 aromatic carbocycles. The molecule has 1 fully saturated rings. The molecule has 0 atom stereocenters. The molecule has 1 saturated carbocycles. The third-order valence-electron chi connectivity index (χ3n) is 3.73. The standard InChI is InChI=1S/C13H18ClFN2O/c1-9-2-4-13(8-18,5-3-9)17-12-11(15)6-10(14)7-16-12/h6-7,9,18H,2-5,8H2,1H3,(H,16,17). The summed E-state index contributed by atoms with van der Waals surface area (Å²) >= 11 is 5.67. The van der Waals surface area contributed by atoms with Crippen molar-refractivity contribution in [2.75, 3.05) is 11.9 Å². The van der Waals surface area contributed by atoms with Gasteiger partial charge in [0.2, 0.25) is 0 Å². The van der Waals surface area contributed by atoms with Crippen molar-refractivity contribution in [2.24, 2.45) is 5.92 Å². The van der Waals surface area contributed by atoms with Crippen LogP contribution in [0.5, 0.6) is 0 Å². The smallest absolute Gasteiger partial charge is 0.166 e. The number of rotatable bonds is 3. The van der Waals surface area contributed by atoms with Gasteiger partial charge in [-0.15, -0.1) is 0 Å². The Morgan fingerprint density at radius 2 is 2.22 bits per heavy atom. The van der Waals surface area contributed by atoms with Crippen LogP contribution in [0.25, 0.3) is 0 Å². The van der Waals surface area contributed by atoms with Gasteiger partial charge in [0.15, 0.2) is 11.6 Å². The summed E-state index contributed by atoms with van der Waals surface area (Å²) in [5.74, 6) is 0.353. The highest BCUT2D eigenvalue weighted by molar-refractivity contribution is 6.30. The van der Waals surface area contributed by atoms with E-state index in [0.29, 0.717) is 5.92 Å². The van der Waals surface area contributed by atoms with E-state index in [-0.39, 0.29) is 17.4 Å². The molecule has 1 heterocycles. The zero-order valence-electron chi connectivity index (χ0n) is 10.4. The van der Waals surface area contributed by atoms with E-state index < -0.39 is 11.4 Å². The molecule has 0 bridgehead atoms. The van der Waals surface area contributed by atoms with Gasteiger partial charge in [-0.2, -0.15) is 0 Å². The van der Waals surface area contributed by atoms with Gasteiger partial charge in [0.05, 0.1) is 17.2 Å². The molecule has 3 nitrogen and oxygen atoms in total. The molecule has 0 spiro atoms. The molecule has 100 valence electrons. The Balaban J connectivity index is 2.15. The van der Waals surface area contributed by atoms with Gasteiger partial charge in [-0.3, -0.25) is 0 Å². The van der Waals surface area contributed by atoms with Crippen molar-refractivity contribution in [3.63, 3.8) is 0 Å². The summed E-state index contributed by atoms with van der Waals surface area (Å²) in [5, 5.41) is 12.9. The van der Waals surface area contributed by atoms with Gasteiger partial charge < -0.3 is 10.4 Å². The molecule has 2 N–H and O–H groups in total. The predicted octanol–water partition coefficient (Wildman–Crippen LogP) is 3.23. The lowest BCUT2D eigenvalue weighted by Crippen LogP contribution is -2.45. The zero-order chi connectivity index (χ0) is 13.2. The van der Waals surface area contributed by atoms with Crippen LogP contribution >= 0.6 is 11.6 Å². The van der Waals surface area contributed by atoms with Gasteiger partial charge in [0, 0.05) is 6.20 Å². The van der Waals surface area contributed by atoms with Crippen LogP contribution in [0, 0.1) is 11.7 Å². The summed E-state index contributed by atoms with van der Waals surface area (Å²) in [6.45, 7) is 2.19. The Morgan fingerprint density at radius 1 is 1.56 bits per heavy atom. The summed E-state index contributed by atoms with van der Waals surface area (Å²) in [6.07, 6.45) is 5.12. The fourth-order valence-electron chi connectivity index (χ4n) is 2.40. The number of nitrogens with zero attached hydrogens (tertiary/aromatic N) is 1. The summed E-state index contributed by atoms with van der Waals surface area (Å²) in [4.78, 5) is 3.95. The number of hydrogen-bond donors (Lipinski definition) is 2. The first kappa shape index (κ1) is 13.6. The van der Waals surface area contributed by atoms with Crippen molar-refractivity contribution in [1.29, 1.82) is 0 Å². The maximum atomic E-state index is 13.7. The minimum atomic E-state index is -0.478. The third kappa shape index (κ3) is 2.93. The van der Waals surface area contributed by atoms with E-state index >= 15 is 0 Å². The highest BCUT2D eigenvalue weighted by Gasteiger charge is 2.34. The monoisotopic (exact) mass is 272 g/mol. The average molecular weight is 273 g/mol. The topological polar surface area (TPSA) is 45.1 Å². The molecule has 2 rings (SSSR count). The van der Waals surface area contributed by atoms with Crippen LogP contribution in [0.3, 0.4) is 0 Å². The maximum absolute atomic E-state index is 13.7. The fourth-order valence-corrected chi connectivity index (χ4v) is 2.54. The molecule has 0 radical (unpaired) electrons. The number of pyridine rings is 1. The second-order valence-electron chi connectivity index (χ2n) is 5.23. The minimum Gasteiger partial charge on any atom is -0.394 e. The van der Waals surface area contributed by atoms with E-state index in [4.69, 9.17) is 11.6 Å². The summed E-state index contributed by atoms with van der Waals surface area (Å²) in [7, 11) is 0. The largest absolute Gasteiger partial charge is 0.394 e. The van der Waals surface area contributed by atoms with E-state index in [9.17, 15) is 9.50 Å². The van der Waals surface area contributed by atoms with Crippen LogP contribution in [-0.4, -0.2) is 22.2 Å². The number of nitrogens with one attached hydrogen (secondary N) is 1. The number of aliphatic hydroxyl groups excluding tert-OH is 1. The molecule has 1 aliphatic rings. The van der Waals surface area contributed by atoms with Gasteiger partial charge in [0.25, 0.3) is 0 Å². The number of anilines is 1. The van der Waals surface area contributed by atoms with Crippen molar-refractivity contribution < 1.29 is 9.50 Å². The first-order chi connectivity index (χ1) is 8.54. The van der Waals surface area contributed by atoms with Crippen LogP contribution in [-0.2, 0) is 0 Å². The Kier molecular flexibility index (Phi) is 4.07. The normalized spacial score (nSPS) is 28.1. The summed E-state index contributed by atoms with van der Waals surface area (Å²) in [5.41, 5.74) is -0.450. The summed E-state index contributed by atoms with van der Waals surface area (Å²) in [6, 6.07) is 1.23. The maximum Gasteiger partial charge on any atom is 0.166 e. The molecule has 1 aromatic rings. The molecule has 0 aliphatic heterocycles. The van der Waals surface area contributed by atoms with Gasteiger partial charge in [-0.1, -0.05) is 18.5 Å². The molecular weight excluding hydrogens is 255 g/mol. The van der Waals surface area contributed by atoms with Crippen molar-refractivity contribution in [3.05, 3.63) is 23.1 Å².